The van der Waals surface area contributed by atoms with Crippen molar-refractivity contribution in [3.63, 3.8) is 0 Å². The van der Waals surface area contributed by atoms with Crippen molar-refractivity contribution in [3.8, 4) is 5.75 Å². The minimum atomic E-state index is -0.239. The third-order valence-electron chi connectivity index (χ3n) is 3.39. The summed E-state index contributed by atoms with van der Waals surface area (Å²) in [4.78, 5) is 17.1. The standard InChI is InChI=1S/C15H15BrN4O2S/c1-4-20-13(11(16)8(2)19-20)14(21)18-15-17-12-9(22-3)6-5-7-10(12)23-15/h5-7H,4H2,1-3H3,(H,17,18,21). The lowest BCUT2D eigenvalue weighted by Crippen LogP contribution is -2.17. The largest absolute Gasteiger partial charge is 0.494 e. The molecule has 0 bridgehead atoms. The highest BCUT2D eigenvalue weighted by molar-refractivity contribution is 9.10. The summed E-state index contributed by atoms with van der Waals surface area (Å²) < 4.78 is 8.63. The van der Waals surface area contributed by atoms with E-state index in [0.29, 0.717) is 27.6 Å². The van der Waals surface area contributed by atoms with Crippen LogP contribution in [0.3, 0.4) is 0 Å². The molecule has 0 aliphatic carbocycles. The second-order valence-corrected chi connectivity index (χ2v) is 6.67. The Morgan fingerprint density at radius 3 is 2.96 bits per heavy atom. The van der Waals surface area contributed by atoms with Gasteiger partial charge >= 0.3 is 0 Å². The Kier molecular flexibility index (Phi) is 4.36. The predicted octanol–water partition coefficient (Wildman–Crippen LogP) is 3.84. The maximum atomic E-state index is 12.6. The first-order valence-electron chi connectivity index (χ1n) is 7.03. The number of carbonyl (C=O) groups is 1. The van der Waals surface area contributed by atoms with Crippen LogP contribution in [0.15, 0.2) is 22.7 Å². The van der Waals surface area contributed by atoms with Crippen LogP contribution in [0.4, 0.5) is 5.13 Å². The zero-order chi connectivity index (χ0) is 16.6. The van der Waals surface area contributed by atoms with Gasteiger partial charge in [0.25, 0.3) is 5.91 Å². The summed E-state index contributed by atoms with van der Waals surface area (Å²) in [5.74, 6) is 0.451. The van der Waals surface area contributed by atoms with Gasteiger partial charge in [0, 0.05) is 6.54 Å². The fourth-order valence-corrected chi connectivity index (χ4v) is 3.65. The molecule has 0 spiro atoms. The van der Waals surface area contributed by atoms with Gasteiger partial charge in [0.1, 0.15) is 17.0 Å². The van der Waals surface area contributed by atoms with Crippen LogP contribution in [0.25, 0.3) is 10.2 Å². The number of hydrogen-bond acceptors (Lipinski definition) is 5. The van der Waals surface area contributed by atoms with Crippen LogP contribution in [0.2, 0.25) is 0 Å². The minimum Gasteiger partial charge on any atom is -0.494 e. The van der Waals surface area contributed by atoms with Crippen molar-refractivity contribution >= 4 is 48.5 Å². The highest BCUT2D eigenvalue weighted by Crippen LogP contribution is 2.32. The summed E-state index contributed by atoms with van der Waals surface area (Å²) in [5, 5.41) is 7.71. The molecular weight excluding hydrogens is 380 g/mol. The number of anilines is 1. The number of hydrogen-bond donors (Lipinski definition) is 1. The molecule has 1 amide bonds. The topological polar surface area (TPSA) is 69.0 Å². The Balaban J connectivity index is 1.95. The van der Waals surface area contributed by atoms with Crippen molar-refractivity contribution in [1.29, 1.82) is 0 Å². The molecule has 0 saturated heterocycles. The third kappa shape index (κ3) is 2.84. The molecule has 0 radical (unpaired) electrons. The van der Waals surface area contributed by atoms with Crippen LogP contribution in [0.1, 0.15) is 23.1 Å². The molecule has 1 aromatic carbocycles. The van der Waals surface area contributed by atoms with Gasteiger partial charge in [-0.25, -0.2) is 4.98 Å². The van der Waals surface area contributed by atoms with E-state index in [1.54, 1.807) is 11.8 Å². The molecule has 3 aromatic rings. The van der Waals surface area contributed by atoms with Crippen LogP contribution < -0.4 is 10.1 Å². The summed E-state index contributed by atoms with van der Waals surface area (Å²) in [7, 11) is 1.60. The van der Waals surface area contributed by atoms with Gasteiger partial charge in [0.05, 0.1) is 22.0 Å². The second-order valence-electron chi connectivity index (χ2n) is 4.84. The van der Waals surface area contributed by atoms with Crippen molar-refractivity contribution in [1.82, 2.24) is 14.8 Å². The number of carbonyl (C=O) groups excluding carboxylic acids is 1. The Hall–Kier alpha value is -1.93. The summed E-state index contributed by atoms with van der Waals surface area (Å²) >= 11 is 4.84. The van der Waals surface area contributed by atoms with E-state index >= 15 is 0 Å². The van der Waals surface area contributed by atoms with E-state index in [-0.39, 0.29) is 5.91 Å². The first kappa shape index (κ1) is 15.9. The first-order valence-corrected chi connectivity index (χ1v) is 8.64. The molecule has 0 unspecified atom stereocenters. The van der Waals surface area contributed by atoms with Crippen LogP contribution in [0.5, 0.6) is 5.75 Å². The lowest BCUT2D eigenvalue weighted by molar-refractivity contribution is 0.101. The number of ether oxygens (including phenoxy) is 1. The molecule has 0 aliphatic heterocycles. The molecule has 1 N–H and O–H groups in total. The zero-order valence-electron chi connectivity index (χ0n) is 12.9. The third-order valence-corrected chi connectivity index (χ3v) is 5.28. The van der Waals surface area contributed by atoms with E-state index in [9.17, 15) is 4.79 Å². The van der Waals surface area contributed by atoms with Gasteiger partial charge in [-0.3, -0.25) is 14.8 Å². The van der Waals surface area contributed by atoms with Crippen LogP contribution in [-0.2, 0) is 6.54 Å². The highest BCUT2D eigenvalue weighted by atomic mass is 79.9. The molecular formula is C15H15BrN4O2S. The molecule has 0 aliphatic rings. The first-order chi connectivity index (χ1) is 11.0. The second kappa shape index (κ2) is 6.29. The maximum Gasteiger partial charge on any atom is 0.276 e. The Morgan fingerprint density at radius 1 is 1.48 bits per heavy atom. The van der Waals surface area contributed by atoms with E-state index in [0.717, 1.165) is 15.9 Å². The summed E-state index contributed by atoms with van der Waals surface area (Å²) in [5.41, 5.74) is 2.02. The summed E-state index contributed by atoms with van der Waals surface area (Å²) in [6.45, 7) is 4.41. The number of nitrogens with one attached hydrogen (secondary N) is 1. The molecule has 0 fully saturated rings. The Bertz CT molecular complexity index is 887. The molecule has 0 saturated carbocycles. The molecule has 2 aromatic heterocycles. The number of fused-ring (bicyclic) bond motifs is 1. The number of methoxy groups -OCH3 is 1. The van der Waals surface area contributed by atoms with Gasteiger partial charge in [-0.1, -0.05) is 17.4 Å². The minimum absolute atomic E-state index is 0.239. The van der Waals surface area contributed by atoms with Gasteiger partial charge in [0.2, 0.25) is 0 Å². The van der Waals surface area contributed by atoms with Crippen LogP contribution in [0, 0.1) is 6.92 Å². The summed E-state index contributed by atoms with van der Waals surface area (Å²) in [6, 6.07) is 5.69. The quantitative estimate of drug-likeness (QED) is 0.729. The van der Waals surface area contributed by atoms with Crippen molar-refractivity contribution in [2.24, 2.45) is 0 Å². The molecule has 3 rings (SSSR count). The number of aryl methyl sites for hydroxylation is 2. The number of halogens is 1. The maximum absolute atomic E-state index is 12.6. The lowest BCUT2D eigenvalue weighted by atomic mass is 10.3. The Labute approximate surface area is 145 Å². The molecule has 0 atom stereocenters. The van der Waals surface area contributed by atoms with Gasteiger partial charge in [-0.15, -0.1) is 0 Å². The molecule has 23 heavy (non-hydrogen) atoms. The molecule has 120 valence electrons. The van der Waals surface area contributed by atoms with Crippen LogP contribution >= 0.6 is 27.3 Å². The van der Waals surface area contributed by atoms with E-state index < -0.39 is 0 Å². The van der Waals surface area contributed by atoms with Crippen LogP contribution in [-0.4, -0.2) is 27.8 Å². The fourth-order valence-electron chi connectivity index (χ4n) is 2.30. The van der Waals surface area contributed by atoms with Gasteiger partial charge in [-0.2, -0.15) is 5.10 Å². The molecule has 8 heteroatoms. The average Bonchev–Trinajstić information content (AvgIpc) is 3.07. The van der Waals surface area contributed by atoms with Crippen molar-refractivity contribution in [2.75, 3.05) is 12.4 Å². The van der Waals surface area contributed by atoms with Crippen molar-refractivity contribution < 1.29 is 9.53 Å². The number of rotatable bonds is 4. The Morgan fingerprint density at radius 2 is 2.26 bits per heavy atom. The highest BCUT2D eigenvalue weighted by Gasteiger charge is 2.21. The van der Waals surface area contributed by atoms with E-state index in [4.69, 9.17) is 4.74 Å². The van der Waals surface area contributed by atoms with Gasteiger partial charge in [0.15, 0.2) is 5.13 Å². The monoisotopic (exact) mass is 394 g/mol. The normalized spacial score (nSPS) is 11.0. The van der Waals surface area contributed by atoms with Gasteiger partial charge < -0.3 is 4.74 Å². The van der Waals surface area contributed by atoms with E-state index in [2.05, 4.69) is 31.3 Å². The average molecular weight is 395 g/mol. The fraction of sp³-hybridized carbons (Fsp3) is 0.267. The number of nitrogens with zero attached hydrogens (tertiary/aromatic N) is 3. The van der Waals surface area contributed by atoms with Crippen molar-refractivity contribution in [3.05, 3.63) is 34.1 Å². The predicted molar refractivity (Wildman–Crippen MR) is 94.5 cm³/mol. The molecule has 6 nitrogen and oxygen atoms in total. The van der Waals surface area contributed by atoms with E-state index in [1.807, 2.05) is 32.0 Å². The lowest BCUT2D eigenvalue weighted by Gasteiger charge is -2.04. The smallest absolute Gasteiger partial charge is 0.276 e. The van der Waals surface area contributed by atoms with Gasteiger partial charge in [-0.05, 0) is 41.9 Å². The summed E-state index contributed by atoms with van der Waals surface area (Å²) in [6.07, 6.45) is 0. The number of thiazole rings is 1. The zero-order valence-corrected chi connectivity index (χ0v) is 15.3. The number of aromatic nitrogens is 3. The number of para-hydroxylation sites is 1. The SMILES string of the molecule is CCn1nc(C)c(Br)c1C(=O)Nc1nc2c(OC)cccc2s1. The number of benzene rings is 1. The van der Waals surface area contributed by atoms with Crippen molar-refractivity contribution in [2.45, 2.75) is 20.4 Å². The van der Waals surface area contributed by atoms with E-state index in [1.165, 1.54) is 11.3 Å². The number of amides is 1. The molecule has 2 heterocycles.